The van der Waals surface area contributed by atoms with Crippen molar-refractivity contribution >= 4 is 17.4 Å². The number of likely N-dealkylation sites (N-methyl/N-ethyl adjacent to an activating group) is 1. The summed E-state index contributed by atoms with van der Waals surface area (Å²) >= 11 is 0. The molecule has 1 aliphatic rings. The number of carbonyl (C=O) groups is 1. The summed E-state index contributed by atoms with van der Waals surface area (Å²) in [6.45, 7) is 6.20. The van der Waals surface area contributed by atoms with E-state index in [0.29, 0.717) is 55.4 Å². The van der Waals surface area contributed by atoms with Gasteiger partial charge >= 0.3 is 12.4 Å². The molecule has 0 atom stereocenters. The minimum absolute atomic E-state index is 0.0394. The summed E-state index contributed by atoms with van der Waals surface area (Å²) in [5.41, 5.74) is -2.64. The SMILES string of the molecule is Cc1ccccc1-c1cc(N2CCN(N=O)CC2)ncc1N(C)C(=O)C(C)(C)c1cc(C(F)(F)F)cc(C(F)(F)F)c1. The molecule has 0 radical (unpaired) electrons. The zero-order valence-corrected chi connectivity index (χ0v) is 23.3. The Morgan fingerprint density at radius 1 is 0.857 bits per heavy atom. The molecule has 13 heteroatoms. The van der Waals surface area contributed by atoms with Crippen LogP contribution in [0.1, 0.15) is 36.1 Å². The molecule has 1 saturated heterocycles. The smallest absolute Gasteiger partial charge is 0.353 e. The first-order chi connectivity index (χ1) is 19.5. The fourth-order valence-electron chi connectivity index (χ4n) is 4.94. The van der Waals surface area contributed by atoms with Gasteiger partial charge in [-0.1, -0.05) is 24.3 Å². The van der Waals surface area contributed by atoms with Crippen molar-refractivity contribution in [2.45, 2.75) is 38.5 Å². The third-order valence-electron chi connectivity index (χ3n) is 7.51. The fraction of sp³-hybridized carbons (Fsp3) is 0.379. The highest BCUT2D eigenvalue weighted by Crippen LogP contribution is 2.41. The van der Waals surface area contributed by atoms with Crippen molar-refractivity contribution in [3.63, 3.8) is 0 Å². The molecule has 4 rings (SSSR count). The second kappa shape index (κ2) is 11.3. The molecule has 0 aliphatic carbocycles. The van der Waals surface area contributed by atoms with E-state index in [1.165, 1.54) is 37.0 Å². The van der Waals surface area contributed by atoms with E-state index in [1.54, 1.807) is 6.07 Å². The molecule has 224 valence electrons. The Labute approximate surface area is 238 Å². The monoisotopic (exact) mass is 593 g/mol. The van der Waals surface area contributed by atoms with Crippen molar-refractivity contribution < 1.29 is 31.1 Å². The highest BCUT2D eigenvalue weighted by molar-refractivity contribution is 6.03. The average Bonchev–Trinajstić information content (AvgIpc) is 2.95. The van der Waals surface area contributed by atoms with Gasteiger partial charge in [-0.3, -0.25) is 9.80 Å². The second-order valence-corrected chi connectivity index (χ2v) is 10.7. The van der Waals surface area contributed by atoms with E-state index in [-0.39, 0.29) is 6.07 Å². The number of nitroso groups, excluding NO2 is 1. The summed E-state index contributed by atoms with van der Waals surface area (Å²) in [6.07, 6.45) is -8.64. The lowest BCUT2D eigenvalue weighted by atomic mass is 9.81. The molecule has 42 heavy (non-hydrogen) atoms. The van der Waals surface area contributed by atoms with E-state index in [9.17, 15) is 36.0 Å². The summed E-state index contributed by atoms with van der Waals surface area (Å²) < 4.78 is 81.4. The summed E-state index contributed by atoms with van der Waals surface area (Å²) in [5.74, 6) is -0.152. The molecule has 1 aliphatic heterocycles. The van der Waals surface area contributed by atoms with Crippen LogP contribution in [0.2, 0.25) is 0 Å². The molecule has 0 unspecified atom stereocenters. The first-order valence-electron chi connectivity index (χ1n) is 13.0. The zero-order chi connectivity index (χ0) is 31.0. The van der Waals surface area contributed by atoms with Gasteiger partial charge in [0.15, 0.2) is 0 Å². The van der Waals surface area contributed by atoms with Crippen molar-refractivity contribution in [3.8, 4) is 11.1 Å². The van der Waals surface area contributed by atoms with E-state index in [4.69, 9.17) is 0 Å². The normalized spacial score (nSPS) is 14.6. The van der Waals surface area contributed by atoms with E-state index in [0.717, 1.165) is 11.1 Å². The molecule has 0 spiro atoms. The Bertz CT molecular complexity index is 1450. The molecular weight excluding hydrogens is 564 g/mol. The minimum Gasteiger partial charge on any atom is -0.353 e. The summed E-state index contributed by atoms with van der Waals surface area (Å²) in [4.78, 5) is 32.5. The molecule has 1 fully saturated rings. The summed E-state index contributed by atoms with van der Waals surface area (Å²) in [7, 11) is 1.41. The van der Waals surface area contributed by atoms with Crippen LogP contribution < -0.4 is 9.80 Å². The maximum Gasteiger partial charge on any atom is 0.416 e. The number of carbonyl (C=O) groups excluding carboxylic acids is 1. The number of halogens is 6. The third kappa shape index (κ3) is 6.19. The van der Waals surface area contributed by atoms with Crippen molar-refractivity contribution in [2.75, 3.05) is 43.0 Å². The topological polar surface area (TPSA) is 69.1 Å². The first-order valence-corrected chi connectivity index (χ1v) is 13.0. The van der Waals surface area contributed by atoms with Crippen LogP contribution in [0.3, 0.4) is 0 Å². The lowest BCUT2D eigenvalue weighted by molar-refractivity contribution is -0.143. The second-order valence-electron chi connectivity index (χ2n) is 10.7. The van der Waals surface area contributed by atoms with E-state index in [1.807, 2.05) is 36.1 Å². The van der Waals surface area contributed by atoms with Gasteiger partial charge in [0.1, 0.15) is 5.82 Å². The van der Waals surface area contributed by atoms with E-state index in [2.05, 4.69) is 10.3 Å². The highest BCUT2D eigenvalue weighted by Gasteiger charge is 2.41. The zero-order valence-electron chi connectivity index (χ0n) is 23.3. The van der Waals surface area contributed by atoms with Crippen molar-refractivity contribution in [3.05, 3.63) is 81.9 Å². The van der Waals surface area contributed by atoms with Crippen LogP contribution in [0.25, 0.3) is 11.1 Å². The number of anilines is 2. The van der Waals surface area contributed by atoms with Gasteiger partial charge in [-0.2, -0.15) is 26.3 Å². The van der Waals surface area contributed by atoms with Crippen LogP contribution in [0.15, 0.2) is 60.0 Å². The quantitative estimate of drug-likeness (QED) is 0.231. The number of aromatic nitrogens is 1. The van der Waals surface area contributed by atoms with Crippen LogP contribution in [-0.2, 0) is 22.6 Å². The largest absolute Gasteiger partial charge is 0.416 e. The number of piperazine rings is 1. The number of nitrogens with zero attached hydrogens (tertiary/aromatic N) is 5. The van der Waals surface area contributed by atoms with Crippen molar-refractivity contribution in [1.82, 2.24) is 9.99 Å². The Morgan fingerprint density at radius 3 is 1.93 bits per heavy atom. The van der Waals surface area contributed by atoms with E-state index < -0.39 is 40.4 Å². The van der Waals surface area contributed by atoms with Gasteiger partial charge in [-0.05, 0) is 61.7 Å². The van der Waals surface area contributed by atoms with E-state index >= 15 is 0 Å². The molecule has 2 heterocycles. The standard InChI is InChI=1S/C29H29F6N5O2/c1-18-7-5-6-8-22(18)23-16-25(39-9-11-40(37-42)12-10-39)36-17-24(23)38(4)26(41)27(2,3)19-13-20(28(30,31)32)15-21(14-19)29(33,34)35/h5-8,13-17H,9-12H2,1-4H3. The Hall–Kier alpha value is -4.16. The number of rotatable bonds is 6. The predicted octanol–water partition coefficient (Wildman–Crippen LogP) is 6.84. The van der Waals surface area contributed by atoms with Crippen LogP contribution in [0, 0.1) is 11.8 Å². The molecular formula is C29H29F6N5O2. The number of aryl methyl sites for hydroxylation is 1. The Balaban J connectivity index is 1.78. The van der Waals surface area contributed by atoms with Gasteiger partial charge in [0.05, 0.1) is 46.8 Å². The number of alkyl halides is 6. The third-order valence-corrected chi connectivity index (χ3v) is 7.51. The maximum absolute atomic E-state index is 13.9. The summed E-state index contributed by atoms with van der Waals surface area (Å²) in [5, 5.41) is 4.36. The number of pyridine rings is 1. The molecule has 0 N–H and O–H groups in total. The van der Waals surface area contributed by atoms with Crippen molar-refractivity contribution in [2.24, 2.45) is 5.29 Å². The minimum atomic E-state index is -5.05. The predicted molar refractivity (Wildman–Crippen MR) is 147 cm³/mol. The maximum atomic E-state index is 13.9. The van der Waals surface area contributed by atoms with Gasteiger partial charge < -0.3 is 9.80 Å². The number of amides is 1. The molecule has 2 aromatic carbocycles. The number of hydrogen-bond acceptors (Lipinski definition) is 5. The fourth-order valence-corrected chi connectivity index (χ4v) is 4.94. The molecule has 0 saturated carbocycles. The first kappa shape index (κ1) is 30.8. The summed E-state index contributed by atoms with van der Waals surface area (Å²) in [6, 6.07) is 10.4. The number of hydrogen-bond donors (Lipinski definition) is 0. The van der Waals surface area contributed by atoms with Gasteiger partial charge in [-0.25, -0.2) is 4.98 Å². The van der Waals surface area contributed by atoms with Gasteiger partial charge in [0.2, 0.25) is 5.91 Å². The van der Waals surface area contributed by atoms with Gasteiger partial charge in [0, 0.05) is 25.7 Å². The van der Waals surface area contributed by atoms with Crippen LogP contribution >= 0.6 is 0 Å². The van der Waals surface area contributed by atoms with Crippen molar-refractivity contribution in [1.29, 1.82) is 0 Å². The molecule has 3 aromatic rings. The van der Waals surface area contributed by atoms with Gasteiger partial charge in [-0.15, -0.1) is 4.91 Å². The lowest BCUT2D eigenvalue weighted by Crippen LogP contribution is -2.44. The highest BCUT2D eigenvalue weighted by atomic mass is 19.4. The molecule has 7 nitrogen and oxygen atoms in total. The molecule has 1 aromatic heterocycles. The Kier molecular flexibility index (Phi) is 8.25. The average molecular weight is 594 g/mol. The van der Waals surface area contributed by atoms with Crippen LogP contribution in [0.5, 0.6) is 0 Å². The van der Waals surface area contributed by atoms with Crippen LogP contribution in [0.4, 0.5) is 37.8 Å². The van der Waals surface area contributed by atoms with Crippen LogP contribution in [-0.4, -0.2) is 49.1 Å². The number of benzene rings is 2. The van der Waals surface area contributed by atoms with Gasteiger partial charge in [0.25, 0.3) is 0 Å². The molecule has 1 amide bonds. The molecule has 0 bridgehead atoms. The lowest BCUT2D eigenvalue weighted by Gasteiger charge is -2.34. The Morgan fingerprint density at radius 2 is 1.40 bits per heavy atom.